The molecule has 0 aliphatic carbocycles. The van der Waals surface area contributed by atoms with Gasteiger partial charge in [-0.2, -0.15) is 0 Å². The van der Waals surface area contributed by atoms with Gasteiger partial charge >= 0.3 is 5.97 Å². The second-order valence-corrected chi connectivity index (χ2v) is 6.07. The fourth-order valence-electron chi connectivity index (χ4n) is 2.32. The Morgan fingerprint density at radius 2 is 2.27 bits per heavy atom. The number of carbonyl (C=O) groups is 3. The van der Waals surface area contributed by atoms with Crippen LogP contribution in [0.5, 0.6) is 0 Å². The lowest BCUT2D eigenvalue weighted by molar-refractivity contribution is -0.127. The summed E-state index contributed by atoms with van der Waals surface area (Å²) in [5, 5.41) is 11.8. The van der Waals surface area contributed by atoms with Crippen LogP contribution in [0.15, 0.2) is 29.3 Å². The maximum absolute atomic E-state index is 12.1. The van der Waals surface area contributed by atoms with Crippen LogP contribution >= 0.6 is 11.8 Å². The van der Waals surface area contributed by atoms with E-state index in [1.807, 2.05) is 0 Å². The van der Waals surface area contributed by atoms with Crippen molar-refractivity contribution in [2.24, 2.45) is 4.99 Å². The van der Waals surface area contributed by atoms with Crippen LogP contribution in [-0.2, 0) is 9.59 Å². The van der Waals surface area contributed by atoms with Crippen LogP contribution in [0.25, 0.3) is 0 Å². The Hall–Kier alpha value is -2.35. The summed E-state index contributed by atoms with van der Waals surface area (Å²) in [4.78, 5) is 40.8. The Morgan fingerprint density at radius 3 is 3.00 bits per heavy atom. The van der Waals surface area contributed by atoms with Crippen LogP contribution in [0.4, 0.5) is 5.69 Å². The van der Waals surface area contributed by atoms with E-state index in [4.69, 9.17) is 5.11 Å². The molecule has 0 saturated carbocycles. The van der Waals surface area contributed by atoms with Crippen LogP contribution in [0.3, 0.4) is 0 Å². The summed E-state index contributed by atoms with van der Waals surface area (Å²) in [6.07, 6.45) is 0.0380. The largest absolute Gasteiger partial charge is 0.478 e. The number of aromatic carboxylic acids is 1. The summed E-state index contributed by atoms with van der Waals surface area (Å²) >= 11 is 1.31. The first-order valence-electron chi connectivity index (χ1n) is 6.70. The highest BCUT2D eigenvalue weighted by Crippen LogP contribution is 2.31. The van der Waals surface area contributed by atoms with Crippen molar-refractivity contribution in [2.45, 2.75) is 11.7 Å². The molecule has 22 heavy (non-hydrogen) atoms. The smallest absolute Gasteiger partial charge is 0.335 e. The number of benzene rings is 1. The Labute approximate surface area is 130 Å². The zero-order valence-electron chi connectivity index (χ0n) is 11.5. The maximum Gasteiger partial charge on any atom is 0.335 e. The molecule has 8 heteroatoms. The molecule has 1 saturated heterocycles. The van der Waals surface area contributed by atoms with E-state index in [0.29, 0.717) is 23.9 Å². The third kappa shape index (κ3) is 2.82. The SMILES string of the molecule is O=C(CC1SC2=NCCN2C1=O)Nc1cccc(C(=O)O)c1. The molecule has 2 heterocycles. The lowest BCUT2D eigenvalue weighted by Crippen LogP contribution is -2.32. The first-order valence-corrected chi connectivity index (χ1v) is 7.58. The van der Waals surface area contributed by atoms with Crippen LogP contribution in [0.1, 0.15) is 16.8 Å². The molecule has 2 aliphatic heterocycles. The minimum Gasteiger partial charge on any atom is -0.478 e. The average Bonchev–Trinajstić information content (AvgIpc) is 3.03. The van der Waals surface area contributed by atoms with Gasteiger partial charge in [-0.15, -0.1) is 0 Å². The van der Waals surface area contributed by atoms with Gasteiger partial charge in [0.2, 0.25) is 11.8 Å². The number of carbonyl (C=O) groups excluding carboxylic acids is 2. The topological polar surface area (TPSA) is 99.1 Å². The fraction of sp³-hybridized carbons (Fsp3) is 0.286. The number of fused-ring (bicyclic) bond motifs is 1. The van der Waals surface area contributed by atoms with Gasteiger partial charge in [0.1, 0.15) is 5.25 Å². The first kappa shape index (κ1) is 14.6. The van der Waals surface area contributed by atoms with Crippen molar-refractivity contribution in [1.29, 1.82) is 0 Å². The van der Waals surface area contributed by atoms with Crippen molar-refractivity contribution in [1.82, 2.24) is 4.90 Å². The molecule has 1 atom stereocenters. The Bertz CT molecular complexity index is 688. The van der Waals surface area contributed by atoms with Gasteiger partial charge in [0.25, 0.3) is 0 Å². The molecular weight excluding hydrogens is 306 g/mol. The Kier molecular flexibility index (Phi) is 3.84. The van der Waals surface area contributed by atoms with E-state index < -0.39 is 11.2 Å². The number of hydrogen-bond acceptors (Lipinski definition) is 5. The van der Waals surface area contributed by atoms with Crippen molar-refractivity contribution < 1.29 is 19.5 Å². The van der Waals surface area contributed by atoms with Crippen molar-refractivity contribution in [3.05, 3.63) is 29.8 Å². The van der Waals surface area contributed by atoms with Crippen LogP contribution in [0, 0.1) is 0 Å². The number of nitrogens with one attached hydrogen (secondary N) is 1. The van der Waals surface area contributed by atoms with E-state index in [0.717, 1.165) is 0 Å². The third-order valence-corrected chi connectivity index (χ3v) is 4.57. The van der Waals surface area contributed by atoms with E-state index in [9.17, 15) is 14.4 Å². The first-order chi connectivity index (χ1) is 10.5. The number of carboxylic acids is 1. The highest BCUT2D eigenvalue weighted by Gasteiger charge is 2.40. The van der Waals surface area contributed by atoms with Gasteiger partial charge in [0, 0.05) is 18.7 Å². The van der Waals surface area contributed by atoms with Gasteiger partial charge in [0.15, 0.2) is 5.17 Å². The molecule has 0 aromatic heterocycles. The van der Waals surface area contributed by atoms with E-state index >= 15 is 0 Å². The van der Waals surface area contributed by atoms with Gasteiger partial charge in [-0.1, -0.05) is 17.8 Å². The lowest BCUT2D eigenvalue weighted by Gasteiger charge is -2.10. The molecule has 2 aliphatic rings. The number of hydrogen-bond donors (Lipinski definition) is 2. The summed E-state index contributed by atoms with van der Waals surface area (Å²) in [6, 6.07) is 5.99. The summed E-state index contributed by atoms with van der Waals surface area (Å²) in [6.45, 7) is 1.20. The molecule has 1 aromatic rings. The monoisotopic (exact) mass is 319 g/mol. The number of carboxylic acid groups (broad SMARTS) is 1. The minimum atomic E-state index is -1.06. The Balaban J connectivity index is 1.62. The zero-order chi connectivity index (χ0) is 15.7. The number of thioether (sulfide) groups is 1. The number of nitrogens with zero attached hydrogens (tertiary/aromatic N) is 2. The quantitative estimate of drug-likeness (QED) is 0.863. The van der Waals surface area contributed by atoms with Crippen molar-refractivity contribution in [2.75, 3.05) is 18.4 Å². The van der Waals surface area contributed by atoms with E-state index in [1.54, 1.807) is 17.0 Å². The predicted molar refractivity (Wildman–Crippen MR) is 82.0 cm³/mol. The molecule has 3 rings (SSSR count). The summed E-state index contributed by atoms with van der Waals surface area (Å²) in [5.41, 5.74) is 0.498. The number of amides is 2. The Morgan fingerprint density at radius 1 is 1.45 bits per heavy atom. The third-order valence-electron chi connectivity index (χ3n) is 3.35. The van der Waals surface area contributed by atoms with Gasteiger partial charge in [-0.25, -0.2) is 4.79 Å². The van der Waals surface area contributed by atoms with E-state index in [2.05, 4.69) is 10.3 Å². The minimum absolute atomic E-state index is 0.0380. The molecule has 114 valence electrons. The molecule has 2 N–H and O–H groups in total. The molecule has 1 unspecified atom stereocenters. The molecule has 0 radical (unpaired) electrons. The predicted octanol–water partition coefficient (Wildman–Crippen LogP) is 1.03. The number of amidine groups is 1. The number of anilines is 1. The maximum atomic E-state index is 12.1. The second-order valence-electron chi connectivity index (χ2n) is 4.90. The van der Waals surface area contributed by atoms with Gasteiger partial charge in [-0.3, -0.25) is 19.5 Å². The molecule has 1 aromatic carbocycles. The van der Waals surface area contributed by atoms with Crippen LogP contribution in [0.2, 0.25) is 0 Å². The van der Waals surface area contributed by atoms with Gasteiger partial charge < -0.3 is 10.4 Å². The lowest BCUT2D eigenvalue weighted by atomic mass is 10.2. The molecule has 0 spiro atoms. The van der Waals surface area contributed by atoms with Crippen molar-refractivity contribution in [3.63, 3.8) is 0 Å². The second kappa shape index (κ2) is 5.80. The molecular formula is C14H13N3O4S. The van der Waals surface area contributed by atoms with Crippen LogP contribution in [-0.4, -0.2) is 51.3 Å². The molecule has 1 fully saturated rings. The number of aliphatic imine (C=N–C) groups is 1. The normalized spacial score (nSPS) is 19.8. The average molecular weight is 319 g/mol. The fourth-order valence-corrected chi connectivity index (χ4v) is 3.51. The summed E-state index contributed by atoms with van der Waals surface area (Å²) < 4.78 is 0. The van der Waals surface area contributed by atoms with Gasteiger partial charge in [0.05, 0.1) is 12.1 Å². The summed E-state index contributed by atoms with van der Waals surface area (Å²) in [7, 11) is 0. The summed E-state index contributed by atoms with van der Waals surface area (Å²) in [5.74, 6) is -1.47. The highest BCUT2D eigenvalue weighted by atomic mass is 32.2. The zero-order valence-corrected chi connectivity index (χ0v) is 12.3. The van der Waals surface area contributed by atoms with Gasteiger partial charge in [-0.05, 0) is 18.2 Å². The molecule has 7 nitrogen and oxygen atoms in total. The number of rotatable bonds is 4. The highest BCUT2D eigenvalue weighted by molar-refractivity contribution is 8.15. The molecule has 0 bridgehead atoms. The van der Waals surface area contributed by atoms with Crippen LogP contribution < -0.4 is 5.32 Å². The van der Waals surface area contributed by atoms with Crippen molar-refractivity contribution in [3.8, 4) is 0 Å². The molecule has 2 amide bonds. The van der Waals surface area contributed by atoms with E-state index in [-0.39, 0.29) is 23.8 Å². The van der Waals surface area contributed by atoms with Crippen molar-refractivity contribution >= 4 is 40.4 Å². The van der Waals surface area contributed by atoms with E-state index in [1.165, 1.54) is 23.9 Å². The standard InChI is InChI=1S/C14H13N3O4S/c18-11(16-9-3-1-2-8(6-9)13(20)21)7-10-12(19)17-5-4-15-14(17)22-10/h1-3,6,10H,4-5,7H2,(H,16,18)(H,20,21).